The SMILES string of the molecule is CC(C)(C)C1CCN(C(=O)C2(C#N)CCCCC2)C1. The Balaban J connectivity index is 2.06. The zero-order chi connectivity index (χ0) is 14.1. The van der Waals surface area contributed by atoms with Crippen molar-refractivity contribution in [3.8, 4) is 6.07 Å². The van der Waals surface area contributed by atoms with Gasteiger partial charge in [-0.1, -0.05) is 40.0 Å². The topological polar surface area (TPSA) is 44.1 Å². The van der Waals surface area contributed by atoms with Gasteiger partial charge in [-0.3, -0.25) is 4.79 Å². The van der Waals surface area contributed by atoms with Gasteiger partial charge in [0.15, 0.2) is 0 Å². The van der Waals surface area contributed by atoms with Crippen LogP contribution in [0.25, 0.3) is 0 Å². The summed E-state index contributed by atoms with van der Waals surface area (Å²) in [5, 5.41) is 9.50. The molecule has 1 saturated carbocycles. The van der Waals surface area contributed by atoms with E-state index in [2.05, 4.69) is 26.8 Å². The number of carbonyl (C=O) groups is 1. The Morgan fingerprint density at radius 3 is 2.37 bits per heavy atom. The minimum atomic E-state index is -0.703. The molecule has 0 bridgehead atoms. The van der Waals surface area contributed by atoms with Gasteiger partial charge in [-0.2, -0.15) is 5.26 Å². The Kier molecular flexibility index (Phi) is 3.90. The molecule has 1 unspecified atom stereocenters. The first-order chi connectivity index (χ1) is 8.89. The fourth-order valence-electron chi connectivity index (χ4n) is 3.48. The van der Waals surface area contributed by atoms with E-state index in [4.69, 9.17) is 0 Å². The van der Waals surface area contributed by atoms with Gasteiger partial charge in [-0.15, -0.1) is 0 Å². The zero-order valence-corrected chi connectivity index (χ0v) is 12.5. The van der Waals surface area contributed by atoms with Gasteiger partial charge in [-0.05, 0) is 30.6 Å². The number of likely N-dealkylation sites (tertiary alicyclic amines) is 1. The number of carbonyl (C=O) groups excluding carboxylic acids is 1. The molecule has 3 heteroatoms. The molecule has 1 heterocycles. The first kappa shape index (κ1) is 14.4. The molecule has 0 aromatic rings. The van der Waals surface area contributed by atoms with Crippen LogP contribution in [0.2, 0.25) is 0 Å². The first-order valence-corrected chi connectivity index (χ1v) is 7.60. The summed E-state index contributed by atoms with van der Waals surface area (Å²) in [5.41, 5.74) is -0.452. The molecule has 1 aliphatic heterocycles. The van der Waals surface area contributed by atoms with E-state index in [-0.39, 0.29) is 11.3 Å². The summed E-state index contributed by atoms with van der Waals surface area (Å²) < 4.78 is 0. The molecule has 1 atom stereocenters. The number of amides is 1. The van der Waals surface area contributed by atoms with E-state index in [1.807, 2.05) is 4.90 Å². The van der Waals surface area contributed by atoms with Crippen molar-refractivity contribution in [3.05, 3.63) is 0 Å². The highest BCUT2D eigenvalue weighted by molar-refractivity contribution is 5.85. The van der Waals surface area contributed by atoms with Gasteiger partial charge in [0.2, 0.25) is 5.91 Å². The monoisotopic (exact) mass is 262 g/mol. The third-order valence-electron chi connectivity index (χ3n) is 5.03. The second-order valence-corrected chi connectivity index (χ2v) is 7.36. The predicted molar refractivity (Wildman–Crippen MR) is 75.3 cm³/mol. The van der Waals surface area contributed by atoms with Crippen molar-refractivity contribution >= 4 is 5.91 Å². The van der Waals surface area contributed by atoms with Crippen LogP contribution < -0.4 is 0 Å². The van der Waals surface area contributed by atoms with Crippen LogP contribution in [0, 0.1) is 28.1 Å². The second-order valence-electron chi connectivity index (χ2n) is 7.36. The second kappa shape index (κ2) is 5.15. The van der Waals surface area contributed by atoms with Crippen LogP contribution >= 0.6 is 0 Å². The Labute approximate surface area is 117 Å². The molecule has 106 valence electrons. The molecule has 2 aliphatic rings. The van der Waals surface area contributed by atoms with Crippen molar-refractivity contribution in [2.75, 3.05) is 13.1 Å². The Hall–Kier alpha value is -1.04. The van der Waals surface area contributed by atoms with Crippen LogP contribution in [0.4, 0.5) is 0 Å². The molecule has 0 aromatic carbocycles. The van der Waals surface area contributed by atoms with E-state index >= 15 is 0 Å². The summed E-state index contributed by atoms with van der Waals surface area (Å²) >= 11 is 0. The van der Waals surface area contributed by atoms with Crippen molar-refractivity contribution < 1.29 is 4.79 Å². The summed E-state index contributed by atoms with van der Waals surface area (Å²) in [6.45, 7) is 8.40. The van der Waals surface area contributed by atoms with Crippen molar-refractivity contribution in [1.82, 2.24) is 4.90 Å². The van der Waals surface area contributed by atoms with E-state index in [1.165, 1.54) is 6.42 Å². The number of hydrogen-bond donors (Lipinski definition) is 0. The lowest BCUT2D eigenvalue weighted by atomic mass is 9.74. The average molecular weight is 262 g/mol. The molecule has 19 heavy (non-hydrogen) atoms. The molecule has 1 saturated heterocycles. The highest BCUT2D eigenvalue weighted by atomic mass is 16.2. The summed E-state index contributed by atoms with van der Waals surface area (Å²) in [6.07, 6.45) is 5.82. The van der Waals surface area contributed by atoms with Gasteiger partial charge in [0.1, 0.15) is 5.41 Å². The molecule has 0 radical (unpaired) electrons. The van der Waals surface area contributed by atoms with Crippen LogP contribution in [-0.4, -0.2) is 23.9 Å². The smallest absolute Gasteiger partial charge is 0.243 e. The maximum atomic E-state index is 12.7. The van der Waals surface area contributed by atoms with E-state index in [0.717, 1.165) is 45.2 Å². The maximum absolute atomic E-state index is 12.7. The van der Waals surface area contributed by atoms with Crippen LogP contribution in [0.15, 0.2) is 0 Å². The lowest BCUT2D eigenvalue weighted by molar-refractivity contribution is -0.139. The van der Waals surface area contributed by atoms with Crippen LogP contribution in [0.5, 0.6) is 0 Å². The third kappa shape index (κ3) is 2.78. The van der Waals surface area contributed by atoms with Gasteiger partial charge in [0.25, 0.3) is 0 Å². The number of hydrogen-bond acceptors (Lipinski definition) is 2. The fraction of sp³-hybridized carbons (Fsp3) is 0.875. The van der Waals surface area contributed by atoms with Crippen molar-refractivity contribution in [2.45, 2.75) is 59.3 Å². The van der Waals surface area contributed by atoms with E-state index in [9.17, 15) is 10.1 Å². The van der Waals surface area contributed by atoms with Crippen LogP contribution in [0.3, 0.4) is 0 Å². The Morgan fingerprint density at radius 1 is 1.26 bits per heavy atom. The number of nitrogens with zero attached hydrogens (tertiary/aromatic N) is 2. The highest BCUT2D eigenvalue weighted by Gasteiger charge is 2.45. The molecular weight excluding hydrogens is 236 g/mol. The fourth-order valence-corrected chi connectivity index (χ4v) is 3.48. The molecule has 0 aromatic heterocycles. The van der Waals surface area contributed by atoms with Gasteiger partial charge < -0.3 is 4.90 Å². The van der Waals surface area contributed by atoms with Crippen LogP contribution in [-0.2, 0) is 4.79 Å². The van der Waals surface area contributed by atoms with Gasteiger partial charge >= 0.3 is 0 Å². The largest absolute Gasteiger partial charge is 0.341 e. The summed E-state index contributed by atoms with van der Waals surface area (Å²) in [5.74, 6) is 0.678. The number of nitriles is 1. The van der Waals surface area contributed by atoms with Gasteiger partial charge in [0.05, 0.1) is 6.07 Å². The summed E-state index contributed by atoms with van der Waals surface area (Å²) in [7, 11) is 0. The summed E-state index contributed by atoms with van der Waals surface area (Å²) in [4.78, 5) is 14.7. The molecule has 2 fully saturated rings. The minimum Gasteiger partial charge on any atom is -0.341 e. The van der Waals surface area contributed by atoms with Crippen molar-refractivity contribution in [1.29, 1.82) is 5.26 Å². The molecule has 1 amide bonds. The highest BCUT2D eigenvalue weighted by Crippen LogP contribution is 2.40. The lowest BCUT2D eigenvalue weighted by Crippen LogP contribution is -2.43. The average Bonchev–Trinajstić information content (AvgIpc) is 2.88. The third-order valence-corrected chi connectivity index (χ3v) is 5.03. The normalized spacial score (nSPS) is 27.1. The maximum Gasteiger partial charge on any atom is 0.243 e. The molecular formula is C16H26N2O. The van der Waals surface area contributed by atoms with E-state index in [0.29, 0.717) is 5.92 Å². The Bertz CT molecular complexity index is 383. The first-order valence-electron chi connectivity index (χ1n) is 7.60. The van der Waals surface area contributed by atoms with E-state index < -0.39 is 5.41 Å². The number of rotatable bonds is 1. The molecule has 3 nitrogen and oxygen atoms in total. The van der Waals surface area contributed by atoms with Crippen LogP contribution in [0.1, 0.15) is 59.3 Å². The molecule has 2 rings (SSSR count). The lowest BCUT2D eigenvalue weighted by Gasteiger charge is -2.34. The Morgan fingerprint density at radius 2 is 1.89 bits per heavy atom. The standard InChI is InChI=1S/C16H26N2O/c1-15(2,3)13-7-10-18(11-13)14(19)16(12-17)8-5-4-6-9-16/h13H,4-11H2,1-3H3. The molecule has 0 N–H and O–H groups in total. The van der Waals surface area contributed by atoms with E-state index in [1.54, 1.807) is 0 Å². The molecule has 1 aliphatic carbocycles. The zero-order valence-electron chi connectivity index (χ0n) is 12.5. The van der Waals surface area contributed by atoms with Crippen molar-refractivity contribution in [2.24, 2.45) is 16.7 Å². The minimum absolute atomic E-state index is 0.112. The quantitative estimate of drug-likeness (QED) is 0.727. The molecule has 0 spiro atoms. The predicted octanol–water partition coefficient (Wildman–Crippen LogP) is 3.36. The van der Waals surface area contributed by atoms with Gasteiger partial charge in [0, 0.05) is 13.1 Å². The van der Waals surface area contributed by atoms with Gasteiger partial charge in [-0.25, -0.2) is 0 Å². The van der Waals surface area contributed by atoms with Crippen molar-refractivity contribution in [3.63, 3.8) is 0 Å². The summed E-state index contributed by atoms with van der Waals surface area (Å²) in [6, 6.07) is 2.36.